The highest BCUT2D eigenvalue weighted by molar-refractivity contribution is 8.00. The summed E-state index contributed by atoms with van der Waals surface area (Å²) in [5.74, 6) is 0.416. The lowest BCUT2D eigenvalue weighted by Gasteiger charge is -2.30. The molecule has 0 aromatic heterocycles. The molecule has 0 unspecified atom stereocenters. The molecule has 0 spiro atoms. The van der Waals surface area contributed by atoms with Crippen LogP contribution in [0.3, 0.4) is 0 Å². The number of thioether (sulfide) groups is 1. The van der Waals surface area contributed by atoms with Gasteiger partial charge in [-0.3, -0.25) is 9.69 Å². The number of carbonyl (C=O) groups is 1. The van der Waals surface area contributed by atoms with Crippen molar-refractivity contribution in [1.29, 1.82) is 0 Å². The number of thiocarbonyl (C=S) groups is 1. The third-order valence-corrected chi connectivity index (χ3v) is 4.86. The van der Waals surface area contributed by atoms with E-state index in [0.717, 1.165) is 21.8 Å². The number of hydrogen-bond acceptors (Lipinski definition) is 3. The number of amides is 1. The second kappa shape index (κ2) is 6.10. The molecule has 1 aliphatic heterocycles. The van der Waals surface area contributed by atoms with Crippen LogP contribution in [0.1, 0.15) is 11.1 Å². The fraction of sp³-hybridized carbons (Fsp3) is 0.176. The van der Waals surface area contributed by atoms with Crippen LogP contribution in [0, 0.1) is 13.8 Å². The summed E-state index contributed by atoms with van der Waals surface area (Å²) in [7, 11) is 0. The van der Waals surface area contributed by atoms with Crippen molar-refractivity contribution in [2.24, 2.45) is 0 Å². The summed E-state index contributed by atoms with van der Waals surface area (Å²) in [6.45, 7) is 4.06. The Morgan fingerprint density at radius 1 is 1.23 bits per heavy atom. The fourth-order valence-electron chi connectivity index (χ4n) is 2.37. The van der Waals surface area contributed by atoms with E-state index in [1.54, 1.807) is 16.7 Å². The number of carbonyl (C=O) groups excluding carboxylic acids is 1. The predicted molar refractivity (Wildman–Crippen MR) is 96.8 cm³/mol. The van der Waals surface area contributed by atoms with Crippen LogP contribution < -0.4 is 10.2 Å². The van der Waals surface area contributed by atoms with Crippen LogP contribution >= 0.6 is 24.0 Å². The van der Waals surface area contributed by atoms with Gasteiger partial charge in [0.2, 0.25) is 5.91 Å². The highest BCUT2D eigenvalue weighted by atomic mass is 32.2. The van der Waals surface area contributed by atoms with Gasteiger partial charge in [-0.15, -0.1) is 11.8 Å². The van der Waals surface area contributed by atoms with Crippen molar-refractivity contribution in [2.75, 3.05) is 16.0 Å². The van der Waals surface area contributed by atoms with Crippen molar-refractivity contribution in [2.45, 2.75) is 18.7 Å². The van der Waals surface area contributed by atoms with Crippen molar-refractivity contribution in [3.8, 4) is 0 Å². The van der Waals surface area contributed by atoms with Crippen LogP contribution in [0.25, 0.3) is 0 Å². The smallest absolute Gasteiger partial charge is 0.243 e. The van der Waals surface area contributed by atoms with E-state index in [0.29, 0.717) is 10.9 Å². The van der Waals surface area contributed by atoms with E-state index in [2.05, 4.69) is 11.4 Å². The number of rotatable bonds is 1. The van der Waals surface area contributed by atoms with Gasteiger partial charge in [-0.05, 0) is 55.4 Å². The van der Waals surface area contributed by atoms with Gasteiger partial charge >= 0.3 is 0 Å². The minimum atomic E-state index is 0.00689. The van der Waals surface area contributed by atoms with Gasteiger partial charge in [0.05, 0.1) is 11.4 Å². The molecule has 0 bridgehead atoms. The second-order valence-corrected chi connectivity index (χ2v) is 6.64. The molecule has 3 rings (SSSR count). The maximum Gasteiger partial charge on any atom is 0.243 e. The number of nitrogens with one attached hydrogen (secondary N) is 1. The molecule has 2 aromatic rings. The Kier molecular flexibility index (Phi) is 4.18. The van der Waals surface area contributed by atoms with Crippen LogP contribution in [0.15, 0.2) is 47.4 Å². The van der Waals surface area contributed by atoms with Crippen LogP contribution in [-0.4, -0.2) is 16.8 Å². The van der Waals surface area contributed by atoms with Gasteiger partial charge in [-0.25, -0.2) is 0 Å². The molecule has 1 aliphatic rings. The first-order valence-corrected chi connectivity index (χ1v) is 8.38. The van der Waals surface area contributed by atoms with Crippen LogP contribution in [0.5, 0.6) is 0 Å². The molecule has 3 nitrogen and oxygen atoms in total. The zero-order valence-corrected chi connectivity index (χ0v) is 14.1. The zero-order chi connectivity index (χ0) is 15.7. The lowest BCUT2D eigenvalue weighted by atomic mass is 10.2. The van der Waals surface area contributed by atoms with Gasteiger partial charge in [0.15, 0.2) is 5.11 Å². The molecular formula is C17H16N2OS2. The summed E-state index contributed by atoms with van der Waals surface area (Å²) in [5.41, 5.74) is 4.05. The van der Waals surface area contributed by atoms with Crippen LogP contribution in [0.4, 0.5) is 11.4 Å². The van der Waals surface area contributed by atoms with E-state index in [9.17, 15) is 4.79 Å². The molecule has 1 N–H and O–H groups in total. The molecule has 22 heavy (non-hydrogen) atoms. The third kappa shape index (κ3) is 2.87. The molecular weight excluding hydrogens is 312 g/mol. The monoisotopic (exact) mass is 328 g/mol. The Balaban J connectivity index is 1.92. The zero-order valence-electron chi connectivity index (χ0n) is 12.4. The van der Waals surface area contributed by atoms with Crippen molar-refractivity contribution in [3.63, 3.8) is 0 Å². The first-order chi connectivity index (χ1) is 10.6. The summed E-state index contributed by atoms with van der Waals surface area (Å²) in [5, 5.41) is 3.61. The largest absolute Gasteiger partial charge is 0.332 e. The average molecular weight is 328 g/mol. The lowest BCUT2D eigenvalue weighted by Crippen LogP contribution is -2.43. The number of nitrogens with zero attached hydrogens (tertiary/aromatic N) is 1. The Bertz CT molecular complexity index is 758. The Hall–Kier alpha value is -1.85. The van der Waals surface area contributed by atoms with E-state index in [-0.39, 0.29) is 5.91 Å². The molecule has 5 heteroatoms. The van der Waals surface area contributed by atoms with E-state index >= 15 is 0 Å². The Morgan fingerprint density at radius 2 is 2.00 bits per heavy atom. The third-order valence-electron chi connectivity index (χ3n) is 3.55. The van der Waals surface area contributed by atoms with E-state index in [4.69, 9.17) is 12.2 Å². The number of benzene rings is 2. The van der Waals surface area contributed by atoms with Crippen molar-refractivity contribution in [1.82, 2.24) is 0 Å². The summed E-state index contributed by atoms with van der Waals surface area (Å²) >= 11 is 7.05. The molecule has 0 fully saturated rings. The number of para-hydroxylation sites is 1. The average Bonchev–Trinajstić information content (AvgIpc) is 2.49. The minimum absolute atomic E-state index is 0.00689. The number of fused-ring (bicyclic) bond motifs is 1. The molecule has 0 saturated carbocycles. The van der Waals surface area contributed by atoms with Gasteiger partial charge in [0, 0.05) is 10.6 Å². The second-order valence-electron chi connectivity index (χ2n) is 5.23. The van der Waals surface area contributed by atoms with Gasteiger partial charge in [-0.1, -0.05) is 24.3 Å². The molecule has 0 saturated heterocycles. The Labute approximate surface area is 139 Å². The van der Waals surface area contributed by atoms with Crippen molar-refractivity contribution in [3.05, 3.63) is 53.6 Å². The van der Waals surface area contributed by atoms with Gasteiger partial charge in [0.1, 0.15) is 0 Å². The number of hydrogen-bond donors (Lipinski definition) is 1. The summed E-state index contributed by atoms with van der Waals surface area (Å²) in [4.78, 5) is 15.0. The highest BCUT2D eigenvalue weighted by Crippen LogP contribution is 2.36. The SMILES string of the molecule is Cc1ccc2c(c1)SCC(=O)N2C(=S)Nc1ccccc1C. The van der Waals surface area contributed by atoms with E-state index in [1.165, 1.54) is 5.56 Å². The summed E-state index contributed by atoms with van der Waals surface area (Å²) in [6, 6.07) is 13.9. The number of anilines is 2. The first-order valence-electron chi connectivity index (χ1n) is 6.99. The molecule has 0 aliphatic carbocycles. The summed E-state index contributed by atoms with van der Waals surface area (Å²) in [6.07, 6.45) is 0. The minimum Gasteiger partial charge on any atom is -0.332 e. The maximum atomic E-state index is 12.3. The summed E-state index contributed by atoms with van der Waals surface area (Å²) < 4.78 is 0. The predicted octanol–water partition coefficient (Wildman–Crippen LogP) is 4.14. The molecule has 0 atom stereocenters. The topological polar surface area (TPSA) is 32.3 Å². The highest BCUT2D eigenvalue weighted by Gasteiger charge is 2.28. The Morgan fingerprint density at radius 3 is 2.77 bits per heavy atom. The lowest BCUT2D eigenvalue weighted by molar-refractivity contribution is -0.115. The molecule has 112 valence electrons. The molecule has 0 radical (unpaired) electrons. The van der Waals surface area contributed by atoms with E-state index < -0.39 is 0 Å². The maximum absolute atomic E-state index is 12.3. The first kappa shape index (κ1) is 15.1. The van der Waals surface area contributed by atoms with Crippen molar-refractivity contribution < 1.29 is 4.79 Å². The van der Waals surface area contributed by atoms with Crippen LogP contribution in [-0.2, 0) is 4.79 Å². The van der Waals surface area contributed by atoms with Gasteiger partial charge in [-0.2, -0.15) is 0 Å². The van der Waals surface area contributed by atoms with Crippen LogP contribution in [0.2, 0.25) is 0 Å². The van der Waals surface area contributed by atoms with Gasteiger partial charge in [0.25, 0.3) is 0 Å². The number of aryl methyl sites for hydroxylation is 2. The quantitative estimate of drug-likeness (QED) is 0.798. The molecule has 1 heterocycles. The van der Waals surface area contributed by atoms with Crippen molar-refractivity contribution >= 4 is 46.4 Å². The normalized spacial score (nSPS) is 13.7. The van der Waals surface area contributed by atoms with E-state index in [1.807, 2.05) is 50.2 Å². The standard InChI is InChI=1S/C17H16N2OS2/c1-11-7-8-14-15(9-11)22-10-16(20)19(14)17(21)18-13-6-4-3-5-12(13)2/h3-9H,10H2,1-2H3,(H,18,21). The van der Waals surface area contributed by atoms with Gasteiger partial charge < -0.3 is 5.32 Å². The molecule has 2 aromatic carbocycles. The fourth-order valence-corrected chi connectivity index (χ4v) is 3.66. The molecule has 1 amide bonds.